The first-order chi connectivity index (χ1) is 9.04. The zero-order chi connectivity index (χ0) is 15.7. The summed E-state index contributed by atoms with van der Waals surface area (Å²) < 4.78 is 60.1. The van der Waals surface area contributed by atoms with E-state index in [1.54, 1.807) is 0 Å². The molecule has 0 bridgehead atoms. The van der Waals surface area contributed by atoms with Crippen molar-refractivity contribution in [3.63, 3.8) is 0 Å². The molecule has 0 heterocycles. The van der Waals surface area contributed by atoms with Gasteiger partial charge in [-0.25, -0.2) is 21.6 Å². The summed E-state index contributed by atoms with van der Waals surface area (Å²) in [6.07, 6.45) is -2.75. The third-order valence-corrected chi connectivity index (χ3v) is 4.27. The lowest BCUT2D eigenvalue weighted by Crippen LogP contribution is -2.31. The van der Waals surface area contributed by atoms with Crippen LogP contribution in [0.25, 0.3) is 0 Å². The second-order valence-corrected chi connectivity index (χ2v) is 7.17. The fraction of sp³-hybridized carbons (Fsp3) is 0.300. The molecule has 112 valence electrons. The number of carbonyl (C=O) groups excluding carboxylic acids is 1. The molecule has 1 aromatic carbocycles. The minimum Gasteiger partial charge on any atom is -0.336 e. The fourth-order valence-electron chi connectivity index (χ4n) is 1.38. The van der Waals surface area contributed by atoms with Gasteiger partial charge in [0.05, 0.1) is 12.1 Å². The molecular weight excluding hydrogens is 387 g/mol. The number of hydrogen-bond acceptors (Lipinski definition) is 3. The van der Waals surface area contributed by atoms with Gasteiger partial charge in [0.25, 0.3) is 21.4 Å². The van der Waals surface area contributed by atoms with E-state index in [4.69, 9.17) is 10.7 Å². The Labute approximate surface area is 126 Å². The Morgan fingerprint density at radius 1 is 1.45 bits per heavy atom. The molecule has 0 aliphatic heterocycles. The van der Waals surface area contributed by atoms with Gasteiger partial charge in [-0.15, -0.1) is 0 Å². The van der Waals surface area contributed by atoms with E-state index in [0.717, 1.165) is 13.1 Å². The smallest absolute Gasteiger partial charge is 0.264 e. The molecule has 0 N–H and O–H groups in total. The normalized spacial score (nSPS) is 11.8. The summed E-state index contributed by atoms with van der Waals surface area (Å²) in [6, 6.07) is 1.44. The monoisotopic (exact) mass is 393 g/mol. The highest BCUT2D eigenvalue weighted by Gasteiger charge is 2.24. The van der Waals surface area contributed by atoms with E-state index in [-0.39, 0.29) is 10.0 Å². The summed E-state index contributed by atoms with van der Waals surface area (Å²) in [5.74, 6) is -2.04. The van der Waals surface area contributed by atoms with Gasteiger partial charge >= 0.3 is 0 Å². The Bertz CT molecular complexity index is 639. The zero-order valence-electron chi connectivity index (χ0n) is 9.91. The third kappa shape index (κ3) is 4.10. The molecule has 0 radical (unpaired) electrons. The maximum atomic E-state index is 13.5. The first-order valence-electron chi connectivity index (χ1n) is 5.01. The van der Waals surface area contributed by atoms with E-state index in [9.17, 15) is 26.4 Å². The van der Waals surface area contributed by atoms with Crippen molar-refractivity contribution >= 4 is 41.6 Å². The molecule has 20 heavy (non-hydrogen) atoms. The van der Waals surface area contributed by atoms with Crippen LogP contribution in [0.1, 0.15) is 10.4 Å². The van der Waals surface area contributed by atoms with E-state index >= 15 is 0 Å². The Morgan fingerprint density at radius 2 is 2.00 bits per heavy atom. The summed E-state index contributed by atoms with van der Waals surface area (Å²) >= 11 is 2.87. The number of amides is 1. The van der Waals surface area contributed by atoms with E-state index in [1.807, 2.05) is 0 Å². The molecule has 1 amide bonds. The van der Waals surface area contributed by atoms with Gasteiger partial charge in [-0.05, 0) is 28.1 Å². The number of halogens is 5. The van der Waals surface area contributed by atoms with E-state index in [2.05, 4.69) is 15.9 Å². The molecule has 0 aromatic heterocycles. The predicted octanol–water partition coefficient (Wildman–Crippen LogP) is 2.85. The van der Waals surface area contributed by atoms with Gasteiger partial charge in [-0.1, -0.05) is 0 Å². The van der Waals surface area contributed by atoms with Crippen LogP contribution in [-0.2, 0) is 9.05 Å². The lowest BCUT2D eigenvalue weighted by atomic mass is 10.2. The van der Waals surface area contributed by atoms with Crippen LogP contribution in [0.4, 0.5) is 13.2 Å². The molecule has 1 rings (SSSR count). The molecule has 4 nitrogen and oxygen atoms in total. The Morgan fingerprint density at radius 3 is 2.45 bits per heavy atom. The van der Waals surface area contributed by atoms with Crippen LogP contribution in [0.3, 0.4) is 0 Å². The predicted molar refractivity (Wildman–Crippen MR) is 70.1 cm³/mol. The quantitative estimate of drug-likeness (QED) is 0.738. The summed E-state index contributed by atoms with van der Waals surface area (Å²) in [5, 5.41) is 0. The number of carbonyl (C=O) groups is 1. The van der Waals surface area contributed by atoms with Gasteiger partial charge in [0.2, 0.25) is 0 Å². The van der Waals surface area contributed by atoms with Crippen molar-refractivity contribution < 1.29 is 26.4 Å². The molecule has 0 unspecified atom stereocenters. The van der Waals surface area contributed by atoms with Crippen LogP contribution in [0.2, 0.25) is 0 Å². The SMILES string of the molecule is CN(CC(F)F)C(=O)c1cc(S(=O)(=O)Cl)c(F)cc1Br. The molecule has 0 atom stereocenters. The molecule has 0 fully saturated rings. The summed E-state index contributed by atoms with van der Waals surface area (Å²) in [5.41, 5.74) is -0.284. The first kappa shape index (κ1) is 17.3. The average Bonchev–Trinajstić information content (AvgIpc) is 2.25. The van der Waals surface area contributed by atoms with Gasteiger partial charge in [0.1, 0.15) is 10.7 Å². The average molecular weight is 395 g/mol. The minimum absolute atomic E-state index is 0.0646. The molecule has 10 heteroatoms. The van der Waals surface area contributed by atoms with Crippen LogP contribution >= 0.6 is 26.6 Å². The van der Waals surface area contributed by atoms with E-state index < -0.39 is 38.6 Å². The third-order valence-electron chi connectivity index (χ3n) is 2.27. The van der Waals surface area contributed by atoms with Crippen LogP contribution in [0, 0.1) is 5.82 Å². The number of rotatable bonds is 4. The maximum absolute atomic E-state index is 13.5. The van der Waals surface area contributed by atoms with Crippen LogP contribution < -0.4 is 0 Å². The Hall–Kier alpha value is -0.800. The van der Waals surface area contributed by atoms with Crippen LogP contribution in [-0.4, -0.2) is 39.2 Å². The summed E-state index contributed by atoms with van der Waals surface area (Å²) in [6.45, 7) is -0.842. The van der Waals surface area contributed by atoms with Gasteiger partial charge in [-0.2, -0.15) is 0 Å². The number of alkyl halides is 2. The van der Waals surface area contributed by atoms with Gasteiger partial charge in [0, 0.05) is 22.2 Å². The van der Waals surface area contributed by atoms with Crippen LogP contribution in [0.15, 0.2) is 21.5 Å². The fourth-order valence-corrected chi connectivity index (χ4v) is 2.77. The highest BCUT2D eigenvalue weighted by atomic mass is 79.9. The highest BCUT2D eigenvalue weighted by Crippen LogP contribution is 2.27. The lowest BCUT2D eigenvalue weighted by molar-refractivity contribution is 0.0619. The number of benzene rings is 1. The number of nitrogens with zero attached hydrogens (tertiary/aromatic N) is 1. The van der Waals surface area contributed by atoms with Crippen molar-refractivity contribution in [2.75, 3.05) is 13.6 Å². The summed E-state index contributed by atoms with van der Waals surface area (Å²) in [7, 11) is 1.74. The van der Waals surface area contributed by atoms with Gasteiger partial charge in [0.15, 0.2) is 0 Å². The molecule has 0 aliphatic carbocycles. The maximum Gasteiger partial charge on any atom is 0.264 e. The molecule has 0 spiro atoms. The van der Waals surface area contributed by atoms with Crippen molar-refractivity contribution in [2.45, 2.75) is 11.3 Å². The zero-order valence-corrected chi connectivity index (χ0v) is 13.1. The molecular formula is C10H8BrClF3NO3S. The van der Waals surface area contributed by atoms with Gasteiger partial charge < -0.3 is 4.90 Å². The Balaban J connectivity index is 3.29. The van der Waals surface area contributed by atoms with Crippen molar-refractivity contribution in [3.05, 3.63) is 28.0 Å². The lowest BCUT2D eigenvalue weighted by Gasteiger charge is -2.17. The molecule has 1 aromatic rings. The largest absolute Gasteiger partial charge is 0.336 e. The Kier molecular flexibility index (Phi) is 5.45. The van der Waals surface area contributed by atoms with Crippen molar-refractivity contribution in [1.29, 1.82) is 0 Å². The van der Waals surface area contributed by atoms with E-state index in [0.29, 0.717) is 11.0 Å². The van der Waals surface area contributed by atoms with Crippen molar-refractivity contribution in [3.8, 4) is 0 Å². The molecule has 0 saturated heterocycles. The van der Waals surface area contributed by atoms with E-state index in [1.165, 1.54) is 0 Å². The molecule has 0 saturated carbocycles. The minimum atomic E-state index is -4.40. The standard InChI is InChI=1S/C10H8BrClF3NO3S/c1-16(4-9(14)15)10(17)5-2-8(20(12,18)19)7(13)3-6(5)11/h2-3,9H,4H2,1H3. The second-order valence-electron chi connectivity index (χ2n) is 3.78. The first-order valence-corrected chi connectivity index (χ1v) is 8.11. The van der Waals surface area contributed by atoms with Crippen LogP contribution in [0.5, 0.6) is 0 Å². The topological polar surface area (TPSA) is 54.5 Å². The van der Waals surface area contributed by atoms with Crippen molar-refractivity contribution in [2.24, 2.45) is 0 Å². The number of hydrogen-bond donors (Lipinski definition) is 0. The van der Waals surface area contributed by atoms with Gasteiger partial charge in [-0.3, -0.25) is 4.79 Å². The summed E-state index contributed by atoms with van der Waals surface area (Å²) in [4.78, 5) is 11.7. The molecule has 0 aliphatic rings. The highest BCUT2D eigenvalue weighted by molar-refractivity contribution is 9.10. The van der Waals surface area contributed by atoms with Crippen molar-refractivity contribution in [1.82, 2.24) is 4.90 Å². The second kappa shape index (κ2) is 6.31.